The fourth-order valence-corrected chi connectivity index (χ4v) is 1.81. The second kappa shape index (κ2) is 8.13. The lowest BCUT2D eigenvalue weighted by molar-refractivity contribution is 0.317. The molecule has 0 radical (unpaired) electrons. The summed E-state index contributed by atoms with van der Waals surface area (Å²) >= 11 is 0. The second-order valence-corrected chi connectivity index (χ2v) is 4.49. The van der Waals surface area contributed by atoms with Gasteiger partial charge in [0.1, 0.15) is 5.75 Å². The van der Waals surface area contributed by atoms with Crippen LogP contribution >= 0.6 is 0 Å². The molecule has 1 N–H and O–H groups in total. The van der Waals surface area contributed by atoms with Gasteiger partial charge in [-0.15, -0.1) is 0 Å². The van der Waals surface area contributed by atoms with Crippen LogP contribution in [0.1, 0.15) is 39.2 Å². The lowest BCUT2D eigenvalue weighted by Crippen LogP contribution is -2.25. The lowest BCUT2D eigenvalue weighted by Gasteiger charge is -2.12. The van der Waals surface area contributed by atoms with Crippen LogP contribution in [0.2, 0.25) is 0 Å². The highest BCUT2D eigenvalue weighted by Gasteiger charge is 2.01. The topological polar surface area (TPSA) is 21.3 Å². The molecule has 0 aliphatic carbocycles. The molecule has 0 aliphatic rings. The summed E-state index contributed by atoms with van der Waals surface area (Å²) in [6.07, 6.45) is 3.37. The number of aryl methyl sites for hydroxylation is 1. The van der Waals surface area contributed by atoms with Crippen molar-refractivity contribution in [2.75, 3.05) is 13.2 Å². The molecule has 0 aliphatic heterocycles. The maximum absolute atomic E-state index is 5.56. The molecule has 0 aromatic heterocycles. The molecule has 0 fully saturated rings. The van der Waals surface area contributed by atoms with Crippen LogP contribution < -0.4 is 10.1 Å². The van der Waals surface area contributed by atoms with Gasteiger partial charge in [-0.25, -0.2) is 0 Å². The molecule has 1 aromatic carbocycles. The van der Waals surface area contributed by atoms with E-state index >= 15 is 0 Å². The van der Waals surface area contributed by atoms with Crippen LogP contribution in [-0.2, 0) is 6.42 Å². The summed E-state index contributed by atoms with van der Waals surface area (Å²) in [7, 11) is 0. The van der Waals surface area contributed by atoms with E-state index in [9.17, 15) is 0 Å². The molecule has 0 spiro atoms. The first-order chi connectivity index (χ1) is 8.26. The van der Waals surface area contributed by atoms with Crippen LogP contribution in [-0.4, -0.2) is 19.2 Å². The minimum Gasteiger partial charge on any atom is -0.494 e. The predicted octanol–water partition coefficient (Wildman–Crippen LogP) is 3.41. The molecule has 96 valence electrons. The van der Waals surface area contributed by atoms with E-state index in [1.165, 1.54) is 12.0 Å². The minimum atomic E-state index is 0.594. The van der Waals surface area contributed by atoms with E-state index in [1.807, 2.05) is 0 Å². The largest absolute Gasteiger partial charge is 0.494 e. The zero-order chi connectivity index (χ0) is 12.5. The normalized spacial score (nSPS) is 12.4. The number of hydrogen-bond acceptors (Lipinski definition) is 2. The highest BCUT2D eigenvalue weighted by molar-refractivity contribution is 5.27. The van der Waals surface area contributed by atoms with Crippen molar-refractivity contribution in [3.05, 3.63) is 29.8 Å². The predicted molar refractivity (Wildman–Crippen MR) is 73.7 cm³/mol. The van der Waals surface area contributed by atoms with E-state index < -0.39 is 0 Å². The first-order valence-corrected chi connectivity index (χ1v) is 6.71. The number of nitrogens with one attached hydrogen (secondary N) is 1. The molecular weight excluding hydrogens is 210 g/mol. The van der Waals surface area contributed by atoms with Crippen LogP contribution in [0.25, 0.3) is 0 Å². The standard InChI is InChI=1S/C15H25NO/c1-4-12-17-15-10-8-14(9-11-15)7-6-13(3)16-5-2/h8-11,13,16H,4-7,12H2,1-3H3. The van der Waals surface area contributed by atoms with Gasteiger partial charge in [0.2, 0.25) is 0 Å². The summed E-state index contributed by atoms with van der Waals surface area (Å²) in [5.41, 5.74) is 1.39. The Labute approximate surface area is 105 Å². The first kappa shape index (κ1) is 14.0. The van der Waals surface area contributed by atoms with Crippen molar-refractivity contribution < 1.29 is 4.74 Å². The van der Waals surface area contributed by atoms with Crippen molar-refractivity contribution in [1.82, 2.24) is 5.32 Å². The molecule has 2 nitrogen and oxygen atoms in total. The lowest BCUT2D eigenvalue weighted by atomic mass is 10.1. The summed E-state index contributed by atoms with van der Waals surface area (Å²) in [4.78, 5) is 0. The van der Waals surface area contributed by atoms with E-state index in [0.717, 1.165) is 31.7 Å². The molecule has 0 saturated carbocycles. The fourth-order valence-electron chi connectivity index (χ4n) is 1.81. The van der Waals surface area contributed by atoms with Gasteiger partial charge in [-0.3, -0.25) is 0 Å². The van der Waals surface area contributed by atoms with Gasteiger partial charge in [0.05, 0.1) is 6.61 Å². The van der Waals surface area contributed by atoms with Crippen LogP contribution in [0.5, 0.6) is 5.75 Å². The van der Waals surface area contributed by atoms with E-state index in [0.29, 0.717) is 6.04 Å². The zero-order valence-electron chi connectivity index (χ0n) is 11.3. The smallest absolute Gasteiger partial charge is 0.119 e. The Kier molecular flexibility index (Phi) is 6.71. The number of hydrogen-bond donors (Lipinski definition) is 1. The summed E-state index contributed by atoms with van der Waals surface area (Å²) in [5.74, 6) is 0.982. The highest BCUT2D eigenvalue weighted by atomic mass is 16.5. The number of ether oxygens (including phenoxy) is 1. The van der Waals surface area contributed by atoms with Crippen molar-refractivity contribution in [2.24, 2.45) is 0 Å². The Bertz CT molecular complexity index is 294. The maximum Gasteiger partial charge on any atom is 0.119 e. The van der Waals surface area contributed by atoms with Gasteiger partial charge in [-0.2, -0.15) is 0 Å². The molecule has 1 atom stereocenters. The van der Waals surface area contributed by atoms with Crippen molar-refractivity contribution in [3.63, 3.8) is 0 Å². The average Bonchev–Trinajstić information content (AvgIpc) is 2.35. The third-order valence-corrected chi connectivity index (χ3v) is 2.81. The number of rotatable bonds is 8. The third kappa shape index (κ3) is 5.73. The van der Waals surface area contributed by atoms with Crippen molar-refractivity contribution in [3.8, 4) is 5.75 Å². The molecule has 0 saturated heterocycles. The van der Waals surface area contributed by atoms with Gasteiger partial charge in [0.25, 0.3) is 0 Å². The molecule has 2 heteroatoms. The molecule has 0 bridgehead atoms. The van der Waals surface area contributed by atoms with E-state index in [2.05, 4.69) is 50.4 Å². The average molecular weight is 235 g/mol. The monoisotopic (exact) mass is 235 g/mol. The van der Waals surface area contributed by atoms with E-state index in [4.69, 9.17) is 4.74 Å². The molecule has 0 amide bonds. The molecule has 1 aromatic rings. The Morgan fingerprint density at radius 2 is 1.88 bits per heavy atom. The van der Waals surface area contributed by atoms with Gasteiger partial charge in [0, 0.05) is 6.04 Å². The molecule has 1 unspecified atom stereocenters. The maximum atomic E-state index is 5.56. The highest BCUT2D eigenvalue weighted by Crippen LogP contribution is 2.14. The van der Waals surface area contributed by atoms with Crippen molar-refractivity contribution >= 4 is 0 Å². The molecule has 1 rings (SSSR count). The Morgan fingerprint density at radius 3 is 2.47 bits per heavy atom. The van der Waals surface area contributed by atoms with Gasteiger partial charge < -0.3 is 10.1 Å². The summed E-state index contributed by atoms with van der Waals surface area (Å²) in [6, 6.07) is 9.08. The summed E-state index contributed by atoms with van der Waals surface area (Å²) in [5, 5.41) is 3.43. The quantitative estimate of drug-likeness (QED) is 0.745. The third-order valence-electron chi connectivity index (χ3n) is 2.81. The first-order valence-electron chi connectivity index (χ1n) is 6.71. The Balaban J connectivity index is 2.34. The number of benzene rings is 1. The van der Waals surface area contributed by atoms with Crippen LogP contribution in [0, 0.1) is 0 Å². The SMILES string of the molecule is CCCOc1ccc(CCC(C)NCC)cc1. The van der Waals surface area contributed by atoms with Crippen molar-refractivity contribution in [2.45, 2.75) is 46.1 Å². The van der Waals surface area contributed by atoms with Crippen LogP contribution in [0.3, 0.4) is 0 Å². The molecular formula is C15H25NO. The minimum absolute atomic E-state index is 0.594. The van der Waals surface area contributed by atoms with Gasteiger partial charge >= 0.3 is 0 Å². The second-order valence-electron chi connectivity index (χ2n) is 4.49. The zero-order valence-corrected chi connectivity index (χ0v) is 11.3. The van der Waals surface area contributed by atoms with Gasteiger partial charge in [-0.05, 0) is 50.4 Å². The Hall–Kier alpha value is -1.02. The fraction of sp³-hybridized carbons (Fsp3) is 0.600. The summed E-state index contributed by atoms with van der Waals surface area (Å²) in [6.45, 7) is 8.36. The Morgan fingerprint density at radius 1 is 1.18 bits per heavy atom. The van der Waals surface area contributed by atoms with E-state index in [-0.39, 0.29) is 0 Å². The van der Waals surface area contributed by atoms with Crippen LogP contribution in [0.15, 0.2) is 24.3 Å². The summed E-state index contributed by atoms with van der Waals surface area (Å²) < 4.78 is 5.56. The molecule has 0 heterocycles. The van der Waals surface area contributed by atoms with Crippen LogP contribution in [0.4, 0.5) is 0 Å². The van der Waals surface area contributed by atoms with Gasteiger partial charge in [0.15, 0.2) is 0 Å². The van der Waals surface area contributed by atoms with Gasteiger partial charge in [-0.1, -0.05) is 26.0 Å². The van der Waals surface area contributed by atoms with Crippen molar-refractivity contribution in [1.29, 1.82) is 0 Å². The van der Waals surface area contributed by atoms with E-state index in [1.54, 1.807) is 0 Å². The molecule has 17 heavy (non-hydrogen) atoms.